The van der Waals surface area contributed by atoms with Crippen molar-refractivity contribution < 1.29 is 49.9 Å². The van der Waals surface area contributed by atoms with Crippen LogP contribution in [0, 0.1) is 29.1 Å². The number of thiophene rings is 1. The van der Waals surface area contributed by atoms with Gasteiger partial charge in [-0.25, -0.2) is 18.0 Å². The average molecular weight is 699 g/mol. The molecule has 46 heavy (non-hydrogen) atoms. The van der Waals surface area contributed by atoms with E-state index < -0.39 is 65.1 Å². The van der Waals surface area contributed by atoms with Crippen molar-refractivity contribution in [2.24, 2.45) is 0 Å². The maximum Gasteiger partial charge on any atom is 0.353 e. The molecule has 1 aliphatic rings. The van der Waals surface area contributed by atoms with Crippen LogP contribution in [-0.2, 0) is 10.1 Å². The summed E-state index contributed by atoms with van der Waals surface area (Å²) in [5.41, 5.74) is -0.619. The highest BCUT2D eigenvalue weighted by Gasteiger charge is 2.68. The third-order valence-corrected chi connectivity index (χ3v) is 13.5. The van der Waals surface area contributed by atoms with Crippen LogP contribution in [0.5, 0.6) is 11.5 Å². The Morgan fingerprint density at radius 3 is 2.35 bits per heavy atom. The number of hydrogen-bond donors (Lipinski definition) is 1. The van der Waals surface area contributed by atoms with Crippen molar-refractivity contribution in [1.82, 2.24) is 5.09 Å². The fourth-order valence-electron chi connectivity index (χ4n) is 5.18. The number of esters is 1. The topological polar surface area (TPSA) is 73.9 Å². The maximum atomic E-state index is 17.6. The zero-order chi connectivity index (χ0) is 33.2. The molecule has 0 saturated carbocycles. The van der Waals surface area contributed by atoms with Crippen LogP contribution in [-0.4, -0.2) is 39.5 Å². The molecule has 3 atom stereocenters. The standard InChI is InChI=1S/C31H27F6NO5PSSi/c1-3-13-41-30(40)46-17(2)38-44(43-20-8-5-4-6-9-20)14-7-12-31(44,37)19-10-11-21-18(15-19)16-22(45-21)29(39)42-28-26(35)24(33)23(32)25(34)27(28)36/h4-6,8-11,15-17,38H,3,7,12-14H2,1-2H3/q+1/t17-,31-,44?/m1/s1. The smallest absolute Gasteiger partial charge is 0.353 e. The number of ether oxygens (including phenoxy) is 2. The predicted octanol–water partition coefficient (Wildman–Crippen LogP) is 8.85. The summed E-state index contributed by atoms with van der Waals surface area (Å²) in [5, 5.41) is 1.71. The van der Waals surface area contributed by atoms with Gasteiger partial charge in [0.15, 0.2) is 5.75 Å². The van der Waals surface area contributed by atoms with Crippen LogP contribution in [0.25, 0.3) is 10.1 Å². The lowest BCUT2D eigenvalue weighted by molar-refractivity contribution is 0.0721. The largest absolute Gasteiger partial charge is 0.470 e. The van der Waals surface area contributed by atoms with Gasteiger partial charge in [0.1, 0.15) is 11.0 Å². The quantitative estimate of drug-likeness (QED) is 0.0321. The van der Waals surface area contributed by atoms with Gasteiger partial charge in [0, 0.05) is 22.3 Å². The number of carbonyl (C=O) groups is 2. The van der Waals surface area contributed by atoms with E-state index in [0.29, 0.717) is 34.8 Å². The summed E-state index contributed by atoms with van der Waals surface area (Å²) in [4.78, 5) is 24.9. The molecule has 1 fully saturated rings. The van der Waals surface area contributed by atoms with Crippen molar-refractivity contribution in [3.05, 3.63) is 94.1 Å². The molecule has 0 spiro atoms. The Bertz CT molecular complexity index is 1750. The summed E-state index contributed by atoms with van der Waals surface area (Å²) in [5.74, 6) is -14.1. The molecule has 2 radical (unpaired) electrons. The van der Waals surface area contributed by atoms with Gasteiger partial charge in [0.05, 0.1) is 6.61 Å². The summed E-state index contributed by atoms with van der Waals surface area (Å²) in [6.45, 7) is 3.93. The van der Waals surface area contributed by atoms with E-state index in [0.717, 1.165) is 11.3 Å². The van der Waals surface area contributed by atoms with Gasteiger partial charge in [-0.05, 0) is 55.5 Å². The molecule has 242 valence electrons. The van der Waals surface area contributed by atoms with Crippen LogP contribution in [0.4, 0.5) is 31.1 Å². The molecule has 1 N–H and O–H groups in total. The van der Waals surface area contributed by atoms with Crippen molar-refractivity contribution >= 4 is 50.1 Å². The Morgan fingerprint density at radius 2 is 1.67 bits per heavy atom. The maximum absolute atomic E-state index is 17.6. The lowest BCUT2D eigenvalue weighted by Crippen LogP contribution is -2.42. The molecular weight excluding hydrogens is 671 g/mol. The number of alkyl halides is 1. The summed E-state index contributed by atoms with van der Waals surface area (Å²) in [6.07, 6.45) is 1.60. The highest BCUT2D eigenvalue weighted by atomic mass is 32.1. The first kappa shape index (κ1) is 33.9. The molecule has 1 aliphatic heterocycles. The van der Waals surface area contributed by atoms with Crippen molar-refractivity contribution in [3.8, 4) is 11.5 Å². The zero-order valence-corrected chi connectivity index (χ0v) is 27.2. The fourth-order valence-corrected chi connectivity index (χ4v) is 11.3. The fraction of sp³-hybridized carbons (Fsp3) is 0.290. The number of halogens is 6. The van der Waals surface area contributed by atoms with Gasteiger partial charge in [-0.15, -0.1) is 11.3 Å². The Hall–Kier alpha value is -3.45. The van der Waals surface area contributed by atoms with Gasteiger partial charge >= 0.3 is 13.6 Å². The minimum Gasteiger partial charge on any atom is -0.470 e. The molecule has 1 saturated heterocycles. The molecule has 15 heteroatoms. The van der Waals surface area contributed by atoms with Crippen molar-refractivity contribution in [2.75, 3.05) is 12.8 Å². The minimum absolute atomic E-state index is 0.0987. The lowest BCUT2D eigenvalue weighted by Gasteiger charge is -2.34. The molecule has 1 unspecified atom stereocenters. The van der Waals surface area contributed by atoms with Crippen LogP contribution in [0.1, 0.15) is 48.3 Å². The molecule has 2 heterocycles. The molecule has 1 aromatic heterocycles. The van der Waals surface area contributed by atoms with Crippen molar-refractivity contribution in [2.45, 2.75) is 44.2 Å². The predicted molar refractivity (Wildman–Crippen MR) is 164 cm³/mol. The number of nitrogens with one attached hydrogen (secondary N) is 1. The molecule has 0 aliphatic carbocycles. The van der Waals surface area contributed by atoms with E-state index in [1.54, 1.807) is 49.4 Å². The van der Waals surface area contributed by atoms with E-state index in [9.17, 15) is 31.5 Å². The Morgan fingerprint density at radius 1 is 1.00 bits per heavy atom. The minimum atomic E-state index is -3.20. The number of carbonyl (C=O) groups excluding carboxylic acids is 2. The highest BCUT2D eigenvalue weighted by Crippen LogP contribution is 2.77. The molecule has 6 nitrogen and oxygen atoms in total. The van der Waals surface area contributed by atoms with Gasteiger partial charge in [-0.2, -0.15) is 18.3 Å². The second kappa shape index (κ2) is 13.7. The lowest BCUT2D eigenvalue weighted by atomic mass is 10.0. The first-order chi connectivity index (χ1) is 21.9. The van der Waals surface area contributed by atoms with Crippen LogP contribution < -0.4 is 14.3 Å². The Kier molecular flexibility index (Phi) is 10.1. The Balaban J connectivity index is 1.47. The molecule has 0 amide bonds. The summed E-state index contributed by atoms with van der Waals surface area (Å²) >= 11 is 0.833. The first-order valence-corrected chi connectivity index (χ1v) is 18.0. The highest BCUT2D eigenvalue weighted by molar-refractivity contribution is 7.71. The third-order valence-electron chi connectivity index (χ3n) is 7.26. The van der Waals surface area contributed by atoms with E-state index in [2.05, 4.69) is 9.82 Å². The van der Waals surface area contributed by atoms with E-state index >= 15 is 4.39 Å². The molecule has 5 rings (SSSR count). The normalized spacial score (nSPS) is 20.1. The van der Waals surface area contributed by atoms with Gasteiger partial charge < -0.3 is 14.0 Å². The number of benzene rings is 3. The third kappa shape index (κ3) is 6.53. The number of fused-ring (bicyclic) bond motifs is 1. The van der Waals surface area contributed by atoms with Gasteiger partial charge in [0.25, 0.3) is 11.0 Å². The van der Waals surface area contributed by atoms with Crippen LogP contribution >= 0.6 is 19.0 Å². The van der Waals surface area contributed by atoms with E-state index in [-0.39, 0.29) is 33.0 Å². The summed E-state index contributed by atoms with van der Waals surface area (Å²) in [7, 11) is -3.50. The Labute approximate surface area is 267 Å². The molecular formula is C31H27F6NO5PSSi+. The van der Waals surface area contributed by atoms with Crippen molar-refractivity contribution in [3.63, 3.8) is 0 Å². The summed E-state index contributed by atoms with van der Waals surface area (Å²) in [6, 6.07) is 14.7. The van der Waals surface area contributed by atoms with Gasteiger partial charge in [0.2, 0.25) is 44.4 Å². The molecule has 0 bridgehead atoms. The van der Waals surface area contributed by atoms with Crippen LogP contribution in [0.15, 0.2) is 54.6 Å². The second-order valence-corrected chi connectivity index (χ2v) is 16.2. The molecule has 4 aromatic rings. The van der Waals surface area contributed by atoms with Crippen LogP contribution in [0.3, 0.4) is 0 Å². The number of para-hydroxylation sites is 1. The second-order valence-electron chi connectivity index (χ2n) is 10.5. The zero-order valence-electron chi connectivity index (χ0n) is 24.5. The number of hydrogen-bond acceptors (Lipinski definition) is 7. The van der Waals surface area contributed by atoms with E-state index in [1.807, 2.05) is 6.92 Å². The van der Waals surface area contributed by atoms with Crippen LogP contribution in [0.2, 0.25) is 0 Å². The monoisotopic (exact) mass is 698 g/mol. The number of rotatable bonds is 11. The van der Waals surface area contributed by atoms with Crippen molar-refractivity contribution in [1.29, 1.82) is 0 Å². The van der Waals surface area contributed by atoms with E-state index in [4.69, 9.17) is 9.26 Å². The first-order valence-electron chi connectivity index (χ1n) is 14.2. The van der Waals surface area contributed by atoms with Gasteiger partial charge in [-0.3, -0.25) is 4.79 Å². The SMILES string of the molecule is CCCOC(=O)[Si][C@H](C)N[P+]1(Oc2ccccc2)CCC[C@]1(F)c1ccc2sc(C(=O)Oc3c(F)c(F)c(F)c(F)c3F)cc2c1. The van der Waals surface area contributed by atoms with Gasteiger partial charge in [-0.1, -0.05) is 31.2 Å². The average Bonchev–Trinajstić information content (AvgIpc) is 3.61. The summed E-state index contributed by atoms with van der Waals surface area (Å²) < 4.78 is 103. The van der Waals surface area contributed by atoms with E-state index in [1.165, 1.54) is 12.1 Å². The molecule has 3 aromatic carbocycles.